The van der Waals surface area contributed by atoms with Gasteiger partial charge < -0.3 is 9.32 Å². The van der Waals surface area contributed by atoms with Crippen LogP contribution >= 0.6 is 0 Å². The zero-order valence-electron chi connectivity index (χ0n) is 13.7. The summed E-state index contributed by atoms with van der Waals surface area (Å²) in [6, 6.07) is 3.54. The van der Waals surface area contributed by atoms with Crippen molar-refractivity contribution < 1.29 is 17.6 Å². The molecule has 0 bridgehead atoms. The number of likely N-dealkylation sites (tertiary alicyclic amines) is 1. The van der Waals surface area contributed by atoms with E-state index in [1.165, 1.54) is 6.92 Å². The van der Waals surface area contributed by atoms with E-state index in [0.717, 1.165) is 30.8 Å². The van der Waals surface area contributed by atoms with Crippen LogP contribution < -0.4 is 0 Å². The second-order valence-electron chi connectivity index (χ2n) is 6.49. The van der Waals surface area contributed by atoms with Crippen molar-refractivity contribution in [3.05, 3.63) is 23.7 Å². The van der Waals surface area contributed by atoms with Crippen LogP contribution in [0, 0.1) is 6.92 Å². The third-order valence-corrected chi connectivity index (χ3v) is 7.18. The van der Waals surface area contributed by atoms with Crippen LogP contribution in [0.15, 0.2) is 16.5 Å². The maximum Gasteiger partial charge on any atom is 0.219 e. The van der Waals surface area contributed by atoms with Crippen LogP contribution in [0.2, 0.25) is 0 Å². The Morgan fingerprint density at radius 1 is 1.22 bits per heavy atom. The number of carbonyl (C=O) groups is 1. The lowest BCUT2D eigenvalue weighted by Crippen LogP contribution is -2.48. The Bertz CT molecular complexity index is 682. The molecule has 1 amide bonds. The van der Waals surface area contributed by atoms with Crippen LogP contribution in [0.3, 0.4) is 0 Å². The van der Waals surface area contributed by atoms with Gasteiger partial charge in [-0.15, -0.1) is 0 Å². The summed E-state index contributed by atoms with van der Waals surface area (Å²) in [4.78, 5) is 13.2. The number of nitrogens with zero attached hydrogens (tertiary/aromatic N) is 2. The van der Waals surface area contributed by atoms with Crippen molar-refractivity contribution in [3.8, 4) is 0 Å². The third kappa shape index (κ3) is 3.17. The van der Waals surface area contributed by atoms with Gasteiger partial charge in [-0.1, -0.05) is 0 Å². The van der Waals surface area contributed by atoms with E-state index >= 15 is 0 Å². The van der Waals surface area contributed by atoms with Gasteiger partial charge in [0.2, 0.25) is 15.9 Å². The van der Waals surface area contributed by atoms with E-state index in [1.807, 2.05) is 19.1 Å². The van der Waals surface area contributed by atoms with Crippen LogP contribution in [-0.4, -0.2) is 48.4 Å². The Morgan fingerprint density at radius 3 is 2.61 bits per heavy atom. The highest BCUT2D eigenvalue weighted by Gasteiger charge is 2.42. The van der Waals surface area contributed by atoms with Gasteiger partial charge in [0.25, 0.3) is 0 Å². The molecule has 0 N–H and O–H groups in total. The van der Waals surface area contributed by atoms with Crippen molar-refractivity contribution in [1.82, 2.24) is 9.21 Å². The Morgan fingerprint density at radius 2 is 1.96 bits per heavy atom. The molecule has 1 aromatic rings. The molecule has 2 atom stereocenters. The van der Waals surface area contributed by atoms with Crippen molar-refractivity contribution in [2.75, 3.05) is 19.6 Å². The molecule has 0 spiro atoms. The van der Waals surface area contributed by atoms with Crippen LogP contribution in [-0.2, 0) is 14.8 Å². The lowest BCUT2D eigenvalue weighted by atomic mass is 10.1. The Hall–Kier alpha value is -1.34. The number of rotatable bonds is 3. The normalized spacial score (nSPS) is 26.6. The van der Waals surface area contributed by atoms with Crippen molar-refractivity contribution in [1.29, 1.82) is 0 Å². The zero-order valence-corrected chi connectivity index (χ0v) is 14.5. The molecule has 1 aromatic heterocycles. The van der Waals surface area contributed by atoms with Gasteiger partial charge in [-0.3, -0.25) is 4.79 Å². The fraction of sp³-hybridized carbons (Fsp3) is 0.688. The van der Waals surface area contributed by atoms with Crippen molar-refractivity contribution in [3.63, 3.8) is 0 Å². The minimum atomic E-state index is -3.44. The molecule has 23 heavy (non-hydrogen) atoms. The van der Waals surface area contributed by atoms with Crippen molar-refractivity contribution in [2.24, 2.45) is 0 Å². The highest BCUT2D eigenvalue weighted by Crippen LogP contribution is 2.37. The molecule has 7 heteroatoms. The van der Waals surface area contributed by atoms with E-state index in [4.69, 9.17) is 4.42 Å². The summed E-state index contributed by atoms with van der Waals surface area (Å²) >= 11 is 0. The molecule has 2 aliphatic rings. The number of furan rings is 1. The third-order valence-electron chi connectivity index (χ3n) is 4.86. The van der Waals surface area contributed by atoms with Gasteiger partial charge in [-0.05, 0) is 44.7 Å². The quantitative estimate of drug-likeness (QED) is 0.844. The van der Waals surface area contributed by atoms with Gasteiger partial charge in [-0.2, -0.15) is 4.31 Å². The molecule has 3 rings (SSSR count). The Labute approximate surface area is 137 Å². The topological polar surface area (TPSA) is 70.8 Å². The fourth-order valence-electron chi connectivity index (χ4n) is 3.62. The highest BCUT2D eigenvalue weighted by atomic mass is 32.2. The predicted octanol–water partition coefficient (Wildman–Crippen LogP) is 2.07. The van der Waals surface area contributed by atoms with E-state index in [1.54, 1.807) is 9.21 Å². The van der Waals surface area contributed by atoms with Crippen LogP contribution in [0.5, 0.6) is 0 Å². The SMILES string of the molecule is CC(=O)N1CCCC(S(=O)(=O)N2CCCC2c2ccc(C)o2)C1. The number of amides is 1. The molecule has 3 heterocycles. The van der Waals surface area contributed by atoms with Crippen molar-refractivity contribution in [2.45, 2.75) is 50.8 Å². The number of hydrogen-bond acceptors (Lipinski definition) is 4. The molecule has 0 aromatic carbocycles. The van der Waals surface area contributed by atoms with Gasteiger partial charge in [0, 0.05) is 26.6 Å². The molecule has 0 aliphatic carbocycles. The number of piperidine rings is 1. The summed E-state index contributed by atoms with van der Waals surface area (Å²) in [6.07, 6.45) is 2.98. The first kappa shape index (κ1) is 16.5. The van der Waals surface area contributed by atoms with E-state index in [-0.39, 0.29) is 11.9 Å². The molecule has 2 saturated heterocycles. The average molecular weight is 340 g/mol. The molecule has 6 nitrogen and oxygen atoms in total. The Kier molecular flexibility index (Phi) is 4.51. The van der Waals surface area contributed by atoms with Crippen LogP contribution in [0.25, 0.3) is 0 Å². The fourth-order valence-corrected chi connectivity index (χ4v) is 5.78. The van der Waals surface area contributed by atoms with Gasteiger partial charge >= 0.3 is 0 Å². The molecule has 2 fully saturated rings. The first-order chi connectivity index (χ1) is 10.9. The van der Waals surface area contributed by atoms with E-state index in [0.29, 0.717) is 26.1 Å². The predicted molar refractivity (Wildman–Crippen MR) is 86.3 cm³/mol. The van der Waals surface area contributed by atoms with Crippen LogP contribution in [0.1, 0.15) is 50.2 Å². The van der Waals surface area contributed by atoms with Gasteiger partial charge in [-0.25, -0.2) is 8.42 Å². The minimum Gasteiger partial charge on any atom is -0.465 e. The first-order valence-electron chi connectivity index (χ1n) is 8.22. The summed E-state index contributed by atoms with van der Waals surface area (Å²) in [5.41, 5.74) is 0. The minimum absolute atomic E-state index is 0.0514. The van der Waals surface area contributed by atoms with Gasteiger partial charge in [0.05, 0.1) is 11.3 Å². The van der Waals surface area contributed by atoms with Gasteiger partial charge in [0.15, 0.2) is 0 Å². The average Bonchev–Trinajstić information content (AvgIpc) is 3.16. The number of carbonyl (C=O) groups excluding carboxylic acids is 1. The standard InChI is InChI=1S/C16H24N2O4S/c1-12-7-8-16(22-12)15-6-4-10-18(15)23(20,21)14-5-3-9-17(11-14)13(2)19/h7-8,14-15H,3-6,9-11H2,1-2H3. The molecule has 0 saturated carbocycles. The molecule has 2 aliphatic heterocycles. The molecular formula is C16H24N2O4S. The van der Waals surface area contributed by atoms with E-state index in [2.05, 4.69) is 0 Å². The van der Waals surface area contributed by atoms with Crippen LogP contribution in [0.4, 0.5) is 0 Å². The summed E-state index contributed by atoms with van der Waals surface area (Å²) in [5, 5.41) is -0.503. The maximum atomic E-state index is 13.1. The number of hydrogen-bond donors (Lipinski definition) is 0. The summed E-state index contributed by atoms with van der Waals surface area (Å²) in [5.74, 6) is 1.47. The molecular weight excluding hydrogens is 316 g/mol. The smallest absolute Gasteiger partial charge is 0.219 e. The number of sulfonamides is 1. The van der Waals surface area contributed by atoms with Crippen molar-refractivity contribution >= 4 is 15.9 Å². The lowest BCUT2D eigenvalue weighted by molar-refractivity contribution is -0.129. The second kappa shape index (κ2) is 6.28. The molecule has 0 radical (unpaired) electrons. The Balaban J connectivity index is 1.82. The van der Waals surface area contributed by atoms with E-state index < -0.39 is 15.3 Å². The molecule has 2 unspecified atom stereocenters. The summed E-state index contributed by atoms with van der Waals surface area (Å²) in [6.45, 7) is 4.85. The summed E-state index contributed by atoms with van der Waals surface area (Å²) in [7, 11) is -3.44. The largest absolute Gasteiger partial charge is 0.465 e. The summed E-state index contributed by atoms with van der Waals surface area (Å²) < 4.78 is 33.5. The number of aryl methyl sites for hydroxylation is 1. The highest BCUT2D eigenvalue weighted by molar-refractivity contribution is 7.89. The monoisotopic (exact) mass is 340 g/mol. The first-order valence-corrected chi connectivity index (χ1v) is 9.72. The van der Waals surface area contributed by atoms with Gasteiger partial charge in [0.1, 0.15) is 11.5 Å². The zero-order chi connectivity index (χ0) is 16.6. The molecule has 128 valence electrons. The maximum absolute atomic E-state index is 13.1. The lowest BCUT2D eigenvalue weighted by Gasteiger charge is -2.35. The second-order valence-corrected chi connectivity index (χ2v) is 8.66. The van der Waals surface area contributed by atoms with E-state index in [9.17, 15) is 13.2 Å².